The van der Waals surface area contributed by atoms with Crippen LogP contribution in [-0.4, -0.2) is 16.4 Å². The molecule has 0 spiro atoms. The number of rotatable bonds is 3. The van der Waals surface area contributed by atoms with Gasteiger partial charge in [0, 0.05) is 16.8 Å². The largest absolute Gasteiger partial charge is 0.384 e. The number of anilines is 3. The van der Waals surface area contributed by atoms with E-state index in [1.807, 2.05) is 0 Å². The molecule has 0 bridgehead atoms. The molecule has 0 radical (unpaired) electrons. The fourth-order valence-electron chi connectivity index (χ4n) is 2.99. The molecule has 0 saturated heterocycles. The van der Waals surface area contributed by atoms with Crippen molar-refractivity contribution >= 4 is 40.6 Å². The third kappa shape index (κ3) is 2.84. The normalized spacial score (nSPS) is 12.6. The molecular formula is C19H13ClN4O3. The second-order valence-electron chi connectivity index (χ2n) is 5.92. The highest BCUT2D eigenvalue weighted by molar-refractivity contribution is 6.30. The van der Waals surface area contributed by atoms with Gasteiger partial charge in [-0.3, -0.25) is 24.3 Å². The van der Waals surface area contributed by atoms with Gasteiger partial charge >= 0.3 is 0 Å². The van der Waals surface area contributed by atoms with Crippen molar-refractivity contribution in [3.63, 3.8) is 0 Å². The summed E-state index contributed by atoms with van der Waals surface area (Å²) >= 11 is 5.91. The minimum absolute atomic E-state index is 0.000830. The van der Waals surface area contributed by atoms with E-state index in [-0.39, 0.29) is 16.9 Å². The van der Waals surface area contributed by atoms with E-state index in [1.54, 1.807) is 48.5 Å². The number of para-hydroxylation sites is 2. The van der Waals surface area contributed by atoms with E-state index in [9.17, 15) is 14.4 Å². The van der Waals surface area contributed by atoms with Crippen LogP contribution in [0.5, 0.6) is 0 Å². The molecule has 4 N–H and O–H groups in total. The molecule has 7 nitrogen and oxygen atoms in total. The molecule has 2 heterocycles. The zero-order valence-corrected chi connectivity index (χ0v) is 14.6. The summed E-state index contributed by atoms with van der Waals surface area (Å²) in [5.74, 6) is -1.34. The van der Waals surface area contributed by atoms with Gasteiger partial charge < -0.3 is 11.1 Å². The monoisotopic (exact) mass is 380 g/mol. The molecule has 27 heavy (non-hydrogen) atoms. The van der Waals surface area contributed by atoms with Gasteiger partial charge in [-0.1, -0.05) is 23.7 Å². The average Bonchev–Trinajstić information content (AvgIpc) is 2.92. The number of nitrogens with two attached hydrogens (primary N) is 1. The number of imide groups is 1. The first kappa shape index (κ1) is 16.9. The number of nitrogens with one attached hydrogen (secondary N) is 2. The molecule has 134 valence electrons. The van der Waals surface area contributed by atoms with E-state index >= 15 is 0 Å². The van der Waals surface area contributed by atoms with Crippen LogP contribution in [0.2, 0.25) is 5.02 Å². The first-order valence-electron chi connectivity index (χ1n) is 7.99. The van der Waals surface area contributed by atoms with Gasteiger partial charge in [-0.15, -0.1) is 0 Å². The summed E-state index contributed by atoms with van der Waals surface area (Å²) in [4.78, 5) is 36.5. The number of nitrogens with zero attached hydrogens (tertiary/aromatic N) is 1. The number of nitrogen functional groups attached to an aromatic ring is 1. The van der Waals surface area contributed by atoms with Crippen LogP contribution in [0.3, 0.4) is 0 Å². The Morgan fingerprint density at radius 2 is 1.67 bits per heavy atom. The molecule has 1 aliphatic heterocycles. The topological polar surface area (TPSA) is 106 Å². The van der Waals surface area contributed by atoms with Gasteiger partial charge in [0.05, 0.1) is 22.5 Å². The van der Waals surface area contributed by atoms with Gasteiger partial charge in [-0.05, 0) is 36.4 Å². The molecule has 3 aromatic rings. The average molecular weight is 381 g/mol. The Kier molecular flexibility index (Phi) is 3.93. The number of pyridine rings is 1. The van der Waals surface area contributed by atoms with E-state index in [4.69, 9.17) is 17.3 Å². The van der Waals surface area contributed by atoms with Crippen molar-refractivity contribution in [1.29, 1.82) is 0 Å². The van der Waals surface area contributed by atoms with Crippen molar-refractivity contribution in [3.05, 3.63) is 81.1 Å². The lowest BCUT2D eigenvalue weighted by molar-refractivity contribution is 0.0880. The van der Waals surface area contributed by atoms with Crippen LogP contribution in [-0.2, 0) is 0 Å². The van der Waals surface area contributed by atoms with E-state index in [0.717, 1.165) is 11.8 Å². The van der Waals surface area contributed by atoms with E-state index < -0.39 is 17.4 Å². The van der Waals surface area contributed by atoms with E-state index in [2.05, 4.69) is 10.6 Å². The molecule has 1 aromatic heterocycles. The maximum Gasteiger partial charge on any atom is 0.262 e. The summed E-state index contributed by atoms with van der Waals surface area (Å²) in [5.41, 5.74) is 7.38. The molecule has 0 unspecified atom stereocenters. The van der Waals surface area contributed by atoms with Gasteiger partial charge in [0.25, 0.3) is 17.4 Å². The van der Waals surface area contributed by atoms with Crippen LogP contribution >= 0.6 is 11.6 Å². The number of halogens is 1. The van der Waals surface area contributed by atoms with Crippen molar-refractivity contribution in [1.82, 2.24) is 9.88 Å². The molecule has 0 saturated carbocycles. The molecule has 4 rings (SSSR count). The molecule has 8 heteroatoms. The molecule has 1 aliphatic rings. The number of carbonyl (C=O) groups is 2. The second kappa shape index (κ2) is 6.30. The lowest BCUT2D eigenvalue weighted by Crippen LogP contribution is -2.24. The highest BCUT2D eigenvalue weighted by atomic mass is 35.5. The van der Waals surface area contributed by atoms with Crippen molar-refractivity contribution in [3.8, 4) is 5.69 Å². The zero-order chi connectivity index (χ0) is 19.1. The number of hydrogen-bond donors (Lipinski definition) is 3. The zero-order valence-electron chi connectivity index (χ0n) is 13.8. The highest BCUT2D eigenvalue weighted by Crippen LogP contribution is 2.28. The highest BCUT2D eigenvalue weighted by Gasteiger charge is 2.32. The SMILES string of the molecule is Nc1c2c(cc(=O)n1-c1ccccc1Nc1ccc(Cl)cc1)C(=O)NC2=O. The number of hydrogen-bond acceptors (Lipinski definition) is 5. The van der Waals surface area contributed by atoms with Crippen molar-refractivity contribution in [2.45, 2.75) is 0 Å². The second-order valence-corrected chi connectivity index (χ2v) is 6.36. The summed E-state index contributed by atoms with van der Waals surface area (Å²) in [6.07, 6.45) is 0. The lowest BCUT2D eigenvalue weighted by atomic mass is 10.1. The van der Waals surface area contributed by atoms with Gasteiger partial charge in [-0.25, -0.2) is 0 Å². The van der Waals surface area contributed by atoms with Crippen LogP contribution in [0.15, 0.2) is 59.4 Å². The number of carbonyl (C=O) groups excluding carboxylic acids is 2. The number of benzene rings is 2. The van der Waals surface area contributed by atoms with Gasteiger partial charge in [0.15, 0.2) is 0 Å². The Balaban J connectivity index is 1.87. The minimum atomic E-state index is -0.626. The number of aromatic nitrogens is 1. The van der Waals surface area contributed by atoms with E-state index in [0.29, 0.717) is 16.4 Å². The summed E-state index contributed by atoms with van der Waals surface area (Å²) in [6, 6.07) is 15.2. The quantitative estimate of drug-likeness (QED) is 0.606. The van der Waals surface area contributed by atoms with Crippen LogP contribution in [0.25, 0.3) is 5.69 Å². The summed E-state index contributed by atoms with van der Waals surface area (Å²) < 4.78 is 1.20. The van der Waals surface area contributed by atoms with Crippen LogP contribution in [0, 0.1) is 0 Å². The molecule has 0 fully saturated rings. The molecule has 0 atom stereocenters. The molecule has 2 aromatic carbocycles. The summed E-state index contributed by atoms with van der Waals surface area (Å²) in [5, 5.41) is 5.95. The van der Waals surface area contributed by atoms with E-state index in [1.165, 1.54) is 4.57 Å². The number of amides is 2. The van der Waals surface area contributed by atoms with Crippen molar-refractivity contribution < 1.29 is 9.59 Å². The molecule has 2 amide bonds. The fraction of sp³-hybridized carbons (Fsp3) is 0. The predicted octanol–water partition coefficient (Wildman–Crippen LogP) is 2.70. The smallest absolute Gasteiger partial charge is 0.262 e. The Bertz CT molecular complexity index is 1150. The summed E-state index contributed by atoms with van der Waals surface area (Å²) in [7, 11) is 0. The minimum Gasteiger partial charge on any atom is -0.384 e. The maximum atomic E-state index is 12.6. The van der Waals surface area contributed by atoms with Gasteiger partial charge in [0.2, 0.25) is 0 Å². The van der Waals surface area contributed by atoms with Crippen LogP contribution in [0.1, 0.15) is 20.7 Å². The lowest BCUT2D eigenvalue weighted by Gasteiger charge is -2.17. The number of fused-ring (bicyclic) bond motifs is 1. The first-order valence-corrected chi connectivity index (χ1v) is 8.36. The summed E-state index contributed by atoms with van der Waals surface area (Å²) in [6.45, 7) is 0. The molecular weight excluding hydrogens is 368 g/mol. The Hall–Kier alpha value is -3.58. The van der Waals surface area contributed by atoms with Gasteiger partial charge in [-0.2, -0.15) is 0 Å². The maximum absolute atomic E-state index is 12.6. The van der Waals surface area contributed by atoms with Crippen LogP contribution in [0.4, 0.5) is 17.2 Å². The molecule has 0 aliphatic carbocycles. The van der Waals surface area contributed by atoms with Crippen molar-refractivity contribution in [2.75, 3.05) is 11.1 Å². The Labute approximate surface area is 158 Å². The van der Waals surface area contributed by atoms with Gasteiger partial charge in [0.1, 0.15) is 5.82 Å². The Morgan fingerprint density at radius 1 is 0.963 bits per heavy atom. The Morgan fingerprint density at radius 3 is 2.41 bits per heavy atom. The third-order valence-electron chi connectivity index (χ3n) is 4.22. The standard InChI is InChI=1S/C19H13ClN4O3/c20-10-5-7-11(8-6-10)22-13-3-1-2-4-14(13)24-15(25)9-12-16(17(24)21)19(27)23-18(12)26/h1-9,22H,21H2,(H,23,26,27). The predicted molar refractivity (Wildman–Crippen MR) is 103 cm³/mol. The fourth-order valence-corrected chi connectivity index (χ4v) is 3.12. The third-order valence-corrected chi connectivity index (χ3v) is 4.47. The van der Waals surface area contributed by atoms with Crippen LogP contribution < -0.4 is 21.9 Å². The first-order chi connectivity index (χ1) is 13.0. The van der Waals surface area contributed by atoms with Crippen molar-refractivity contribution in [2.24, 2.45) is 0 Å².